The molecule has 0 amide bonds. The second kappa shape index (κ2) is 9.79. The van der Waals surface area contributed by atoms with E-state index in [0.717, 1.165) is 83.4 Å². The zero-order valence-corrected chi connectivity index (χ0v) is 21.2. The molecule has 0 aliphatic carbocycles. The van der Waals surface area contributed by atoms with Crippen LogP contribution < -0.4 is 10.2 Å². The van der Waals surface area contributed by atoms with E-state index < -0.39 is 0 Å². The Bertz CT molecular complexity index is 1520. The Morgan fingerprint density at radius 1 is 0.946 bits per heavy atom. The summed E-state index contributed by atoms with van der Waals surface area (Å²) in [6.45, 7) is 6.84. The van der Waals surface area contributed by atoms with Gasteiger partial charge in [-0.05, 0) is 24.3 Å². The number of thiophene rings is 1. The van der Waals surface area contributed by atoms with E-state index in [2.05, 4.69) is 60.4 Å². The number of hydrogen-bond donors (Lipinski definition) is 2. The van der Waals surface area contributed by atoms with Gasteiger partial charge in [0.1, 0.15) is 6.04 Å². The maximum atomic E-state index is 5.66. The van der Waals surface area contributed by atoms with Crippen molar-refractivity contribution in [3.8, 4) is 11.4 Å². The zero-order chi connectivity index (χ0) is 24.6. The summed E-state index contributed by atoms with van der Waals surface area (Å²) in [5, 5.41) is 4.59. The van der Waals surface area contributed by atoms with Crippen LogP contribution in [0, 0.1) is 0 Å². The number of nitrogens with one attached hydrogen (secondary N) is 2. The standard InChI is InChI=1S/C27H28N8OS/c1-3-19(18-5-8-29-20(18)4-1)25-32-21-17-22(37-24(21)27(33-25)35-13-15-36-16-14-35)23(26-30-6-2-7-31-26)34-11-9-28-10-12-34/h1-8,17,23,28-29H,9-16H2. The van der Waals surface area contributed by atoms with Gasteiger partial charge in [0.15, 0.2) is 17.5 Å². The fourth-order valence-electron chi connectivity index (χ4n) is 5.32. The van der Waals surface area contributed by atoms with Crippen LogP contribution in [0.5, 0.6) is 0 Å². The first-order valence-corrected chi connectivity index (χ1v) is 13.6. The molecule has 9 nitrogen and oxygen atoms in total. The van der Waals surface area contributed by atoms with Crippen molar-refractivity contribution in [1.82, 2.24) is 35.1 Å². The van der Waals surface area contributed by atoms with Gasteiger partial charge in [0.2, 0.25) is 0 Å². The molecule has 1 aromatic carbocycles. The van der Waals surface area contributed by atoms with Crippen LogP contribution >= 0.6 is 11.3 Å². The number of aromatic amines is 1. The molecule has 0 radical (unpaired) electrons. The van der Waals surface area contributed by atoms with Gasteiger partial charge in [0, 0.05) is 79.2 Å². The van der Waals surface area contributed by atoms with E-state index in [1.54, 1.807) is 11.3 Å². The molecular weight excluding hydrogens is 484 g/mol. The maximum absolute atomic E-state index is 5.66. The molecule has 2 aliphatic rings. The molecule has 37 heavy (non-hydrogen) atoms. The third-order valence-electron chi connectivity index (χ3n) is 7.14. The average molecular weight is 513 g/mol. The predicted octanol–water partition coefficient (Wildman–Crippen LogP) is 3.46. The Hall–Kier alpha value is -3.44. The summed E-state index contributed by atoms with van der Waals surface area (Å²) in [7, 11) is 0. The number of piperazine rings is 1. The first-order chi connectivity index (χ1) is 18.3. The Kier molecular flexibility index (Phi) is 6.01. The normalized spacial score (nSPS) is 18.0. The Balaban J connectivity index is 1.41. The molecule has 4 aromatic heterocycles. The van der Waals surface area contributed by atoms with Gasteiger partial charge in [0.05, 0.1) is 23.4 Å². The molecule has 0 saturated carbocycles. The van der Waals surface area contributed by atoms with Crippen molar-refractivity contribution < 1.29 is 4.74 Å². The quantitative estimate of drug-likeness (QED) is 0.370. The predicted molar refractivity (Wildman–Crippen MR) is 146 cm³/mol. The van der Waals surface area contributed by atoms with Crippen LogP contribution in [0.15, 0.2) is 55.0 Å². The van der Waals surface area contributed by atoms with E-state index in [-0.39, 0.29) is 6.04 Å². The summed E-state index contributed by atoms with van der Waals surface area (Å²) < 4.78 is 6.77. The molecule has 188 valence electrons. The SMILES string of the molecule is c1cnc(C(c2cc3nc(-c4cccc5[nH]ccc45)nc(N4CCOCC4)c3s2)N2CCNCC2)nc1. The van der Waals surface area contributed by atoms with Crippen molar-refractivity contribution in [2.24, 2.45) is 0 Å². The molecule has 10 heteroatoms. The van der Waals surface area contributed by atoms with Gasteiger partial charge in [0.25, 0.3) is 0 Å². The summed E-state index contributed by atoms with van der Waals surface area (Å²) in [6.07, 6.45) is 5.63. The first kappa shape index (κ1) is 22.7. The van der Waals surface area contributed by atoms with Crippen LogP contribution in [-0.4, -0.2) is 82.3 Å². The van der Waals surface area contributed by atoms with Crippen molar-refractivity contribution >= 4 is 38.3 Å². The van der Waals surface area contributed by atoms with Crippen molar-refractivity contribution in [3.63, 3.8) is 0 Å². The Morgan fingerprint density at radius 2 is 1.78 bits per heavy atom. The molecule has 7 rings (SSSR count). The highest BCUT2D eigenvalue weighted by atomic mass is 32.1. The van der Waals surface area contributed by atoms with Crippen LogP contribution in [-0.2, 0) is 4.74 Å². The molecule has 2 fully saturated rings. The average Bonchev–Trinajstić information content (AvgIpc) is 3.61. The Morgan fingerprint density at radius 3 is 2.62 bits per heavy atom. The fraction of sp³-hybridized carbons (Fsp3) is 0.333. The van der Waals surface area contributed by atoms with Gasteiger partial charge in [-0.2, -0.15) is 0 Å². The number of fused-ring (bicyclic) bond motifs is 2. The van der Waals surface area contributed by atoms with E-state index in [0.29, 0.717) is 13.2 Å². The fourth-order valence-corrected chi connectivity index (χ4v) is 6.57. The van der Waals surface area contributed by atoms with Gasteiger partial charge < -0.3 is 19.9 Å². The monoisotopic (exact) mass is 512 g/mol. The van der Waals surface area contributed by atoms with Gasteiger partial charge >= 0.3 is 0 Å². The molecule has 0 bridgehead atoms. The lowest BCUT2D eigenvalue weighted by Gasteiger charge is -2.33. The largest absolute Gasteiger partial charge is 0.378 e. The lowest BCUT2D eigenvalue weighted by molar-refractivity contribution is 0.122. The lowest BCUT2D eigenvalue weighted by atomic mass is 10.1. The van der Waals surface area contributed by atoms with Crippen LogP contribution in [0.3, 0.4) is 0 Å². The van der Waals surface area contributed by atoms with E-state index in [9.17, 15) is 0 Å². The minimum atomic E-state index is -0.0170. The van der Waals surface area contributed by atoms with Crippen molar-refractivity contribution in [2.75, 3.05) is 57.4 Å². The molecule has 2 saturated heterocycles. The van der Waals surface area contributed by atoms with Crippen LogP contribution in [0.25, 0.3) is 32.5 Å². The Labute approximate surface area is 218 Å². The smallest absolute Gasteiger partial charge is 0.162 e. The highest BCUT2D eigenvalue weighted by Gasteiger charge is 2.29. The number of H-pyrrole nitrogens is 1. The van der Waals surface area contributed by atoms with Crippen LogP contribution in [0.2, 0.25) is 0 Å². The molecule has 2 N–H and O–H groups in total. The second-order valence-corrected chi connectivity index (χ2v) is 10.5. The van der Waals surface area contributed by atoms with E-state index in [4.69, 9.17) is 14.7 Å². The van der Waals surface area contributed by atoms with Crippen molar-refractivity contribution in [2.45, 2.75) is 6.04 Å². The molecule has 0 spiro atoms. The number of benzene rings is 1. The second-order valence-electron chi connectivity index (χ2n) is 9.37. The van der Waals surface area contributed by atoms with Crippen molar-refractivity contribution in [3.05, 3.63) is 65.7 Å². The molecule has 1 unspecified atom stereocenters. The molecule has 1 atom stereocenters. The number of hydrogen-bond acceptors (Lipinski definition) is 9. The summed E-state index contributed by atoms with van der Waals surface area (Å²) in [5.74, 6) is 2.56. The van der Waals surface area contributed by atoms with Crippen LogP contribution in [0.4, 0.5) is 5.82 Å². The number of ether oxygens (including phenoxy) is 1. The first-order valence-electron chi connectivity index (χ1n) is 12.8. The number of aromatic nitrogens is 5. The van der Waals surface area contributed by atoms with Crippen LogP contribution in [0.1, 0.15) is 16.7 Å². The van der Waals surface area contributed by atoms with Gasteiger partial charge in [-0.15, -0.1) is 11.3 Å². The lowest BCUT2D eigenvalue weighted by Crippen LogP contribution is -2.45. The summed E-state index contributed by atoms with van der Waals surface area (Å²) >= 11 is 1.77. The number of nitrogens with zero attached hydrogens (tertiary/aromatic N) is 6. The maximum Gasteiger partial charge on any atom is 0.162 e. The summed E-state index contributed by atoms with van der Waals surface area (Å²) in [6, 6.07) is 12.4. The third-order valence-corrected chi connectivity index (χ3v) is 8.31. The summed E-state index contributed by atoms with van der Waals surface area (Å²) in [5.41, 5.74) is 3.09. The van der Waals surface area contributed by atoms with Gasteiger partial charge in [-0.1, -0.05) is 12.1 Å². The number of morpholine rings is 1. The molecule has 6 heterocycles. The minimum Gasteiger partial charge on any atom is -0.378 e. The molecule has 5 aromatic rings. The summed E-state index contributed by atoms with van der Waals surface area (Å²) in [4.78, 5) is 29.0. The van der Waals surface area contributed by atoms with E-state index in [1.165, 1.54) is 4.88 Å². The minimum absolute atomic E-state index is 0.0170. The van der Waals surface area contributed by atoms with E-state index in [1.807, 2.05) is 24.7 Å². The highest BCUT2D eigenvalue weighted by Crippen LogP contribution is 2.40. The zero-order valence-electron chi connectivity index (χ0n) is 20.4. The molecular formula is C27H28N8OS. The van der Waals surface area contributed by atoms with Gasteiger partial charge in [-0.25, -0.2) is 19.9 Å². The number of rotatable bonds is 5. The van der Waals surface area contributed by atoms with E-state index >= 15 is 0 Å². The molecule has 2 aliphatic heterocycles. The third kappa shape index (κ3) is 4.25. The number of anilines is 1. The topological polar surface area (TPSA) is 95.1 Å². The van der Waals surface area contributed by atoms with Gasteiger partial charge in [-0.3, -0.25) is 4.90 Å². The highest BCUT2D eigenvalue weighted by molar-refractivity contribution is 7.19. The van der Waals surface area contributed by atoms with Crippen molar-refractivity contribution in [1.29, 1.82) is 0 Å².